The van der Waals surface area contributed by atoms with E-state index in [0.717, 1.165) is 18.4 Å². The van der Waals surface area contributed by atoms with Crippen LogP contribution in [0.15, 0.2) is 36.5 Å². The minimum Gasteiger partial charge on any atom is -0.373 e. The molecule has 1 aromatic carbocycles. The first kappa shape index (κ1) is 14.8. The Morgan fingerprint density at radius 3 is 2.52 bits per heavy atom. The Labute approximate surface area is 143 Å². The number of nitrogens with zero attached hydrogens (tertiary/aromatic N) is 3. The SMILES string of the molecule is O=C1C2C3CCC(O3)C2C(=O)N1c1ccn(Cc2cccc(F)c2)n1. The van der Waals surface area contributed by atoms with Gasteiger partial charge >= 0.3 is 0 Å². The number of hydrogen-bond acceptors (Lipinski definition) is 4. The third kappa shape index (κ3) is 2.15. The van der Waals surface area contributed by atoms with Gasteiger partial charge in [0.1, 0.15) is 5.82 Å². The van der Waals surface area contributed by atoms with E-state index in [1.807, 2.05) is 0 Å². The molecule has 4 heterocycles. The number of rotatable bonds is 3. The van der Waals surface area contributed by atoms with Crippen LogP contribution in [0.25, 0.3) is 0 Å². The molecule has 2 bridgehead atoms. The Balaban J connectivity index is 1.40. The number of benzene rings is 1. The van der Waals surface area contributed by atoms with Gasteiger partial charge in [0.05, 0.1) is 30.6 Å². The van der Waals surface area contributed by atoms with Gasteiger partial charge < -0.3 is 4.74 Å². The van der Waals surface area contributed by atoms with E-state index in [2.05, 4.69) is 5.10 Å². The fourth-order valence-electron chi connectivity index (χ4n) is 4.32. The molecule has 3 saturated heterocycles. The van der Waals surface area contributed by atoms with Crippen LogP contribution >= 0.6 is 0 Å². The average Bonchev–Trinajstić information content (AvgIpc) is 3.33. The van der Waals surface area contributed by atoms with Crippen LogP contribution in [0.2, 0.25) is 0 Å². The number of aromatic nitrogens is 2. The number of fused-ring (bicyclic) bond motifs is 5. The number of amides is 2. The lowest BCUT2D eigenvalue weighted by Crippen LogP contribution is -2.34. The number of carbonyl (C=O) groups excluding carboxylic acids is 2. The molecule has 0 aliphatic carbocycles. The Hall–Kier alpha value is -2.54. The van der Waals surface area contributed by atoms with Gasteiger partial charge in [-0.15, -0.1) is 0 Å². The topological polar surface area (TPSA) is 64.4 Å². The first-order valence-corrected chi connectivity index (χ1v) is 8.43. The number of anilines is 1. The van der Waals surface area contributed by atoms with Gasteiger partial charge in [-0.25, -0.2) is 9.29 Å². The predicted molar refractivity (Wildman–Crippen MR) is 85.1 cm³/mol. The number of hydrogen-bond donors (Lipinski definition) is 0. The Morgan fingerprint density at radius 1 is 1.12 bits per heavy atom. The fraction of sp³-hybridized carbons (Fsp3) is 0.389. The van der Waals surface area contributed by atoms with Gasteiger partial charge in [0.25, 0.3) is 0 Å². The quantitative estimate of drug-likeness (QED) is 0.798. The number of ether oxygens (including phenoxy) is 1. The Morgan fingerprint density at radius 2 is 1.84 bits per heavy atom. The molecule has 1 aromatic heterocycles. The minimum absolute atomic E-state index is 0.133. The average molecular weight is 341 g/mol. The summed E-state index contributed by atoms with van der Waals surface area (Å²) < 4.78 is 20.6. The molecule has 5 rings (SSSR count). The van der Waals surface area contributed by atoms with Crippen molar-refractivity contribution in [3.05, 3.63) is 47.9 Å². The van der Waals surface area contributed by atoms with Crippen molar-refractivity contribution in [2.75, 3.05) is 4.90 Å². The summed E-state index contributed by atoms with van der Waals surface area (Å²) in [6.45, 7) is 0.370. The zero-order chi connectivity index (χ0) is 17.1. The van der Waals surface area contributed by atoms with Crippen LogP contribution in [0, 0.1) is 17.7 Å². The van der Waals surface area contributed by atoms with E-state index < -0.39 is 0 Å². The molecule has 4 atom stereocenters. The summed E-state index contributed by atoms with van der Waals surface area (Å²) in [6, 6.07) is 7.91. The molecule has 3 fully saturated rings. The largest absolute Gasteiger partial charge is 0.373 e. The molecule has 0 spiro atoms. The highest BCUT2D eigenvalue weighted by Gasteiger charge is 2.63. The van der Waals surface area contributed by atoms with Gasteiger partial charge in [0, 0.05) is 12.3 Å². The van der Waals surface area contributed by atoms with Crippen molar-refractivity contribution in [3.63, 3.8) is 0 Å². The zero-order valence-electron chi connectivity index (χ0n) is 13.3. The second-order valence-corrected chi connectivity index (χ2v) is 6.86. The van der Waals surface area contributed by atoms with E-state index in [4.69, 9.17) is 4.74 Å². The summed E-state index contributed by atoms with van der Waals surface area (Å²) in [5, 5.41) is 4.35. The molecule has 0 N–H and O–H groups in total. The Kier molecular flexibility index (Phi) is 3.09. The maximum atomic E-state index is 13.3. The van der Waals surface area contributed by atoms with Gasteiger partial charge in [-0.2, -0.15) is 5.10 Å². The summed E-state index contributed by atoms with van der Waals surface area (Å²) in [7, 11) is 0. The van der Waals surface area contributed by atoms with Crippen LogP contribution in [0.5, 0.6) is 0 Å². The summed E-state index contributed by atoms with van der Waals surface area (Å²) in [6.07, 6.45) is 3.11. The minimum atomic E-state index is -0.361. The molecule has 25 heavy (non-hydrogen) atoms. The molecule has 0 saturated carbocycles. The maximum Gasteiger partial charge on any atom is 0.241 e. The molecule has 7 heteroatoms. The third-order valence-corrected chi connectivity index (χ3v) is 5.37. The van der Waals surface area contributed by atoms with Crippen LogP contribution in [-0.2, 0) is 20.9 Å². The van der Waals surface area contributed by atoms with Crippen molar-refractivity contribution in [2.45, 2.75) is 31.6 Å². The summed E-state index contributed by atoms with van der Waals surface area (Å²) in [4.78, 5) is 26.7. The van der Waals surface area contributed by atoms with Crippen molar-refractivity contribution in [1.29, 1.82) is 0 Å². The van der Waals surface area contributed by atoms with Crippen LogP contribution in [0.4, 0.5) is 10.2 Å². The first-order chi connectivity index (χ1) is 12.1. The number of halogens is 1. The zero-order valence-corrected chi connectivity index (χ0v) is 13.3. The van der Waals surface area contributed by atoms with Crippen molar-refractivity contribution in [1.82, 2.24) is 9.78 Å². The number of carbonyl (C=O) groups is 2. The highest BCUT2D eigenvalue weighted by Crippen LogP contribution is 2.49. The van der Waals surface area contributed by atoms with E-state index in [0.29, 0.717) is 12.4 Å². The highest BCUT2D eigenvalue weighted by molar-refractivity contribution is 6.22. The third-order valence-electron chi connectivity index (χ3n) is 5.37. The second kappa shape index (κ2) is 5.23. The molecule has 128 valence electrons. The highest BCUT2D eigenvalue weighted by atomic mass is 19.1. The van der Waals surface area contributed by atoms with Crippen LogP contribution < -0.4 is 4.90 Å². The van der Waals surface area contributed by atoms with Gasteiger partial charge in [-0.05, 0) is 30.5 Å². The van der Waals surface area contributed by atoms with E-state index >= 15 is 0 Å². The number of imide groups is 1. The van der Waals surface area contributed by atoms with Crippen molar-refractivity contribution >= 4 is 17.6 Å². The van der Waals surface area contributed by atoms with E-state index in [-0.39, 0.29) is 41.7 Å². The van der Waals surface area contributed by atoms with Crippen LogP contribution in [0.1, 0.15) is 18.4 Å². The van der Waals surface area contributed by atoms with E-state index in [1.165, 1.54) is 17.0 Å². The molecule has 6 nitrogen and oxygen atoms in total. The standard InChI is InChI=1S/C18H16FN3O3/c19-11-3-1-2-10(8-11)9-21-7-6-14(20-21)22-17(23)15-12-4-5-13(25-12)16(15)18(22)24/h1-3,6-8,12-13,15-16H,4-5,9H2. The molecule has 3 aliphatic heterocycles. The molecule has 0 radical (unpaired) electrons. The summed E-state index contributed by atoms with van der Waals surface area (Å²) in [5.41, 5.74) is 0.761. The lowest BCUT2D eigenvalue weighted by molar-refractivity contribution is -0.124. The summed E-state index contributed by atoms with van der Waals surface area (Å²) >= 11 is 0. The normalized spacial score (nSPS) is 30.4. The van der Waals surface area contributed by atoms with E-state index in [9.17, 15) is 14.0 Å². The molecular weight excluding hydrogens is 325 g/mol. The molecule has 4 unspecified atom stereocenters. The van der Waals surface area contributed by atoms with Crippen LogP contribution in [-0.4, -0.2) is 33.8 Å². The monoisotopic (exact) mass is 341 g/mol. The van der Waals surface area contributed by atoms with Crippen molar-refractivity contribution in [2.24, 2.45) is 11.8 Å². The van der Waals surface area contributed by atoms with Gasteiger partial charge in [0.15, 0.2) is 5.82 Å². The first-order valence-electron chi connectivity index (χ1n) is 8.43. The van der Waals surface area contributed by atoms with E-state index in [1.54, 1.807) is 29.1 Å². The molecular formula is C18H16FN3O3. The summed E-state index contributed by atoms with van der Waals surface area (Å²) in [5.74, 6) is -1.12. The van der Waals surface area contributed by atoms with Crippen LogP contribution in [0.3, 0.4) is 0 Å². The smallest absolute Gasteiger partial charge is 0.241 e. The maximum absolute atomic E-state index is 13.3. The lowest BCUT2D eigenvalue weighted by atomic mass is 9.81. The molecule has 2 amide bonds. The van der Waals surface area contributed by atoms with Gasteiger partial charge in [-0.1, -0.05) is 12.1 Å². The fourth-order valence-corrected chi connectivity index (χ4v) is 4.32. The Bertz CT molecular complexity index is 852. The van der Waals surface area contributed by atoms with Gasteiger partial charge in [-0.3, -0.25) is 14.3 Å². The molecule has 2 aromatic rings. The van der Waals surface area contributed by atoms with Crippen molar-refractivity contribution < 1.29 is 18.7 Å². The lowest BCUT2D eigenvalue weighted by Gasteiger charge is -2.15. The van der Waals surface area contributed by atoms with Gasteiger partial charge in [0.2, 0.25) is 11.8 Å². The molecule has 3 aliphatic rings. The second-order valence-electron chi connectivity index (χ2n) is 6.86. The van der Waals surface area contributed by atoms with Crippen molar-refractivity contribution in [3.8, 4) is 0 Å². The predicted octanol–water partition coefficient (Wildman–Crippen LogP) is 1.74.